The Bertz CT molecular complexity index is 633. The molecule has 1 N–H and O–H groups in total. The molecule has 1 aromatic carbocycles. The maximum absolute atomic E-state index is 12.1. The maximum Gasteiger partial charge on any atom is 0.224 e. The van der Waals surface area contributed by atoms with E-state index in [9.17, 15) is 4.79 Å². The third kappa shape index (κ3) is 5.09. The van der Waals surface area contributed by atoms with Crippen molar-refractivity contribution in [2.24, 2.45) is 0 Å². The van der Waals surface area contributed by atoms with Crippen molar-refractivity contribution in [3.63, 3.8) is 0 Å². The van der Waals surface area contributed by atoms with Crippen LogP contribution in [0.25, 0.3) is 0 Å². The molecular weight excluding hydrogens is 286 g/mol. The molecule has 122 valence electrons. The van der Waals surface area contributed by atoms with Gasteiger partial charge in [0.25, 0.3) is 0 Å². The number of hydrogen-bond donors (Lipinski definition) is 1. The number of hydrogen-bond acceptors (Lipinski definition) is 3. The monoisotopic (exact) mass is 311 g/mol. The van der Waals surface area contributed by atoms with Crippen molar-refractivity contribution >= 4 is 17.4 Å². The third-order valence-corrected chi connectivity index (χ3v) is 3.87. The number of aromatic nitrogens is 1. The molecule has 0 saturated carbocycles. The molecule has 2 aromatic rings. The minimum Gasteiger partial charge on any atom is -0.357 e. The average molecular weight is 311 g/mol. The van der Waals surface area contributed by atoms with E-state index in [1.54, 1.807) is 0 Å². The third-order valence-electron chi connectivity index (χ3n) is 3.87. The van der Waals surface area contributed by atoms with Crippen LogP contribution >= 0.6 is 0 Å². The van der Waals surface area contributed by atoms with Gasteiger partial charge in [-0.1, -0.05) is 17.7 Å². The second kappa shape index (κ2) is 8.32. The van der Waals surface area contributed by atoms with E-state index in [0.29, 0.717) is 12.8 Å². The molecule has 2 rings (SSSR count). The molecule has 0 atom stereocenters. The number of nitrogens with one attached hydrogen (secondary N) is 1. The van der Waals surface area contributed by atoms with Crippen LogP contribution in [0.2, 0.25) is 0 Å². The van der Waals surface area contributed by atoms with Crippen LogP contribution in [0.5, 0.6) is 0 Å². The van der Waals surface area contributed by atoms with Crippen LogP contribution in [0.3, 0.4) is 0 Å². The highest BCUT2D eigenvalue weighted by atomic mass is 16.1. The predicted molar refractivity (Wildman–Crippen MR) is 95.9 cm³/mol. The van der Waals surface area contributed by atoms with Gasteiger partial charge in [0.1, 0.15) is 5.82 Å². The normalized spacial score (nSPS) is 10.4. The van der Waals surface area contributed by atoms with Crippen LogP contribution in [0, 0.1) is 6.92 Å². The second-order valence-corrected chi connectivity index (χ2v) is 5.61. The second-order valence-electron chi connectivity index (χ2n) is 5.61. The van der Waals surface area contributed by atoms with Crippen LogP contribution < -0.4 is 10.2 Å². The Hall–Kier alpha value is -2.36. The lowest BCUT2D eigenvalue weighted by molar-refractivity contribution is -0.116. The summed E-state index contributed by atoms with van der Waals surface area (Å²) in [5, 5.41) is 2.93. The van der Waals surface area contributed by atoms with Gasteiger partial charge >= 0.3 is 0 Å². The number of anilines is 2. The molecule has 4 heteroatoms. The van der Waals surface area contributed by atoms with Gasteiger partial charge in [-0.2, -0.15) is 0 Å². The summed E-state index contributed by atoms with van der Waals surface area (Å²) in [6.07, 6.45) is 3.00. The Balaban J connectivity index is 1.91. The van der Waals surface area contributed by atoms with E-state index >= 15 is 0 Å². The van der Waals surface area contributed by atoms with Crippen molar-refractivity contribution in [2.75, 3.05) is 23.3 Å². The quantitative estimate of drug-likeness (QED) is 0.846. The zero-order valence-corrected chi connectivity index (χ0v) is 14.2. The van der Waals surface area contributed by atoms with Crippen molar-refractivity contribution in [3.8, 4) is 0 Å². The van der Waals surface area contributed by atoms with Crippen molar-refractivity contribution in [1.29, 1.82) is 0 Å². The van der Waals surface area contributed by atoms with Crippen LogP contribution in [0.4, 0.5) is 11.5 Å². The zero-order valence-electron chi connectivity index (χ0n) is 14.2. The van der Waals surface area contributed by atoms with E-state index < -0.39 is 0 Å². The number of pyridine rings is 1. The number of aryl methyl sites for hydroxylation is 2. The number of nitrogens with zero attached hydrogens (tertiary/aromatic N) is 2. The van der Waals surface area contributed by atoms with Gasteiger partial charge < -0.3 is 10.2 Å². The fraction of sp³-hybridized carbons (Fsp3) is 0.368. The summed E-state index contributed by atoms with van der Waals surface area (Å²) in [6.45, 7) is 8.13. The summed E-state index contributed by atoms with van der Waals surface area (Å²) >= 11 is 0. The zero-order chi connectivity index (χ0) is 16.7. The number of rotatable bonds is 7. The smallest absolute Gasteiger partial charge is 0.224 e. The predicted octanol–water partition coefficient (Wildman–Crippen LogP) is 3.81. The van der Waals surface area contributed by atoms with Gasteiger partial charge in [0.05, 0.1) is 0 Å². The molecule has 1 aromatic heterocycles. The Kier molecular flexibility index (Phi) is 6.15. The van der Waals surface area contributed by atoms with Gasteiger partial charge in [-0.05, 0) is 57.0 Å². The standard InChI is InChI=1S/C19H25N3O/c1-4-22(5-2)18-14-16(12-13-20-18)8-11-19(23)21-17-9-6-15(3)7-10-17/h6-7,9-10,12-14H,4-5,8,11H2,1-3H3,(H,21,23). The number of amides is 1. The molecule has 0 fully saturated rings. The highest BCUT2D eigenvalue weighted by molar-refractivity contribution is 5.90. The molecule has 1 heterocycles. The minimum absolute atomic E-state index is 0.0371. The summed E-state index contributed by atoms with van der Waals surface area (Å²) in [6, 6.07) is 11.9. The fourth-order valence-corrected chi connectivity index (χ4v) is 2.45. The molecule has 0 bridgehead atoms. The first-order chi connectivity index (χ1) is 11.1. The first-order valence-electron chi connectivity index (χ1n) is 8.18. The van der Waals surface area contributed by atoms with Crippen molar-refractivity contribution in [3.05, 3.63) is 53.7 Å². The Morgan fingerprint density at radius 3 is 2.48 bits per heavy atom. The summed E-state index contributed by atoms with van der Waals surface area (Å²) in [7, 11) is 0. The van der Waals surface area contributed by atoms with Crippen molar-refractivity contribution < 1.29 is 4.79 Å². The number of benzene rings is 1. The minimum atomic E-state index is 0.0371. The summed E-state index contributed by atoms with van der Waals surface area (Å²) in [4.78, 5) is 18.7. The molecule has 1 amide bonds. The Morgan fingerprint density at radius 2 is 1.83 bits per heavy atom. The fourth-order valence-electron chi connectivity index (χ4n) is 2.45. The Morgan fingerprint density at radius 1 is 1.13 bits per heavy atom. The van der Waals surface area contributed by atoms with Crippen LogP contribution in [0.15, 0.2) is 42.6 Å². The summed E-state index contributed by atoms with van der Waals surface area (Å²) < 4.78 is 0. The maximum atomic E-state index is 12.1. The number of carbonyl (C=O) groups excluding carboxylic acids is 1. The van der Waals surface area contributed by atoms with E-state index in [0.717, 1.165) is 30.2 Å². The largest absolute Gasteiger partial charge is 0.357 e. The van der Waals surface area contributed by atoms with Gasteiger partial charge in [0.2, 0.25) is 5.91 Å². The summed E-state index contributed by atoms with van der Waals surface area (Å²) in [5.74, 6) is 1.02. The topological polar surface area (TPSA) is 45.2 Å². The Labute approximate surface area is 138 Å². The van der Waals surface area contributed by atoms with Gasteiger partial charge in [-0.25, -0.2) is 4.98 Å². The lowest BCUT2D eigenvalue weighted by Gasteiger charge is -2.20. The molecule has 4 nitrogen and oxygen atoms in total. The van der Waals surface area contributed by atoms with E-state index in [2.05, 4.69) is 35.1 Å². The van der Waals surface area contributed by atoms with Crippen LogP contribution in [-0.4, -0.2) is 24.0 Å². The van der Waals surface area contributed by atoms with E-state index in [1.807, 2.05) is 43.5 Å². The van der Waals surface area contributed by atoms with Crippen molar-refractivity contribution in [2.45, 2.75) is 33.6 Å². The average Bonchev–Trinajstić information content (AvgIpc) is 2.57. The molecule has 0 spiro atoms. The molecule has 0 aliphatic heterocycles. The molecular formula is C19H25N3O. The molecule has 0 aliphatic carbocycles. The first kappa shape index (κ1) is 17.0. The molecule has 0 saturated heterocycles. The SMILES string of the molecule is CCN(CC)c1cc(CCC(=O)Nc2ccc(C)cc2)ccn1. The highest BCUT2D eigenvalue weighted by Crippen LogP contribution is 2.14. The summed E-state index contributed by atoms with van der Waals surface area (Å²) in [5.41, 5.74) is 3.17. The van der Waals surface area contributed by atoms with E-state index in [4.69, 9.17) is 0 Å². The van der Waals surface area contributed by atoms with Gasteiger partial charge in [-0.15, -0.1) is 0 Å². The number of carbonyl (C=O) groups is 1. The highest BCUT2D eigenvalue weighted by Gasteiger charge is 2.07. The molecule has 0 aliphatic rings. The van der Waals surface area contributed by atoms with E-state index in [-0.39, 0.29) is 5.91 Å². The van der Waals surface area contributed by atoms with Crippen molar-refractivity contribution in [1.82, 2.24) is 4.98 Å². The lowest BCUT2D eigenvalue weighted by Crippen LogP contribution is -2.23. The van der Waals surface area contributed by atoms with E-state index in [1.165, 1.54) is 5.56 Å². The first-order valence-corrected chi connectivity index (χ1v) is 8.18. The van der Waals surface area contributed by atoms with Crippen LogP contribution in [-0.2, 0) is 11.2 Å². The van der Waals surface area contributed by atoms with Gasteiger partial charge in [0, 0.05) is 31.4 Å². The van der Waals surface area contributed by atoms with Gasteiger partial charge in [0.15, 0.2) is 0 Å². The van der Waals surface area contributed by atoms with Crippen LogP contribution in [0.1, 0.15) is 31.4 Å². The molecule has 0 unspecified atom stereocenters. The van der Waals surface area contributed by atoms with Gasteiger partial charge in [-0.3, -0.25) is 4.79 Å². The molecule has 0 radical (unpaired) electrons. The lowest BCUT2D eigenvalue weighted by atomic mass is 10.1. The molecule has 23 heavy (non-hydrogen) atoms.